The fraction of sp³-hybridized carbons (Fsp3) is 0.318. The minimum atomic E-state index is -4.56. The molecular formula is C22H19F3N8O. The van der Waals surface area contributed by atoms with Crippen LogP contribution in [-0.4, -0.2) is 34.7 Å². The Balaban J connectivity index is 1.76. The van der Waals surface area contributed by atoms with Crippen LogP contribution in [0.25, 0.3) is 11.0 Å². The molecule has 0 radical (unpaired) electrons. The van der Waals surface area contributed by atoms with E-state index in [1.54, 1.807) is 25.4 Å². The molecular weight excluding hydrogens is 449 g/mol. The van der Waals surface area contributed by atoms with Gasteiger partial charge in [-0.05, 0) is 31.0 Å². The predicted octanol–water partition coefficient (Wildman–Crippen LogP) is 3.54. The molecule has 0 aliphatic heterocycles. The van der Waals surface area contributed by atoms with Gasteiger partial charge in [-0.3, -0.25) is 9.78 Å². The van der Waals surface area contributed by atoms with Crippen LogP contribution in [0.2, 0.25) is 0 Å². The first-order valence-corrected chi connectivity index (χ1v) is 10.4. The van der Waals surface area contributed by atoms with E-state index in [9.17, 15) is 23.2 Å². The summed E-state index contributed by atoms with van der Waals surface area (Å²) in [6.07, 6.45) is 0.852. The van der Waals surface area contributed by atoms with Crippen LogP contribution in [-0.2, 0) is 12.6 Å². The lowest BCUT2D eigenvalue weighted by molar-refractivity contribution is -0.141. The molecule has 0 saturated carbocycles. The number of nitriles is 1. The second kappa shape index (κ2) is 9.01. The number of pyridine rings is 1. The Morgan fingerprint density at radius 2 is 1.94 bits per heavy atom. The number of nitrogens with one attached hydrogen (secondary N) is 1. The Kier molecular flexibility index (Phi) is 6.10. The highest BCUT2D eigenvalue weighted by Gasteiger charge is 2.32. The molecule has 0 amide bonds. The van der Waals surface area contributed by atoms with Crippen molar-refractivity contribution in [3.63, 3.8) is 0 Å². The van der Waals surface area contributed by atoms with Gasteiger partial charge in [-0.2, -0.15) is 23.5 Å². The maximum atomic E-state index is 12.9. The number of fused-ring (bicyclic) bond motifs is 1. The molecule has 4 aromatic heterocycles. The highest BCUT2D eigenvalue weighted by Crippen LogP contribution is 2.29. The fourth-order valence-electron chi connectivity index (χ4n) is 3.67. The highest BCUT2D eigenvalue weighted by atomic mass is 19.4. The first-order chi connectivity index (χ1) is 16.2. The number of aromatic amines is 1. The zero-order chi connectivity index (χ0) is 24.5. The molecule has 4 aromatic rings. The summed E-state index contributed by atoms with van der Waals surface area (Å²) in [6, 6.07) is 5.12. The first kappa shape index (κ1) is 23.0. The van der Waals surface area contributed by atoms with Gasteiger partial charge in [0, 0.05) is 30.9 Å². The molecule has 2 unspecified atom stereocenters. The number of hydrogen-bond donors (Lipinski definition) is 1. The third kappa shape index (κ3) is 4.36. The number of alkyl halides is 3. The Morgan fingerprint density at radius 3 is 2.53 bits per heavy atom. The number of H-pyrrole nitrogens is 1. The lowest BCUT2D eigenvalue weighted by Gasteiger charge is -2.15. The van der Waals surface area contributed by atoms with E-state index < -0.39 is 23.5 Å². The van der Waals surface area contributed by atoms with Crippen molar-refractivity contribution in [1.82, 2.24) is 34.7 Å². The number of halogens is 3. The molecule has 2 atom stereocenters. The van der Waals surface area contributed by atoms with Gasteiger partial charge in [0.05, 0.1) is 6.04 Å². The van der Waals surface area contributed by atoms with Crippen molar-refractivity contribution >= 4 is 11.0 Å². The lowest BCUT2D eigenvalue weighted by Crippen LogP contribution is -2.17. The predicted molar refractivity (Wildman–Crippen MR) is 115 cm³/mol. The Hall–Kier alpha value is -4.14. The quantitative estimate of drug-likeness (QED) is 0.459. The van der Waals surface area contributed by atoms with Gasteiger partial charge in [0.25, 0.3) is 5.56 Å². The van der Waals surface area contributed by atoms with Gasteiger partial charge in [-0.1, -0.05) is 13.0 Å². The third-order valence-electron chi connectivity index (χ3n) is 5.53. The molecule has 0 bridgehead atoms. The molecule has 174 valence electrons. The van der Waals surface area contributed by atoms with Gasteiger partial charge >= 0.3 is 6.18 Å². The van der Waals surface area contributed by atoms with Crippen LogP contribution in [0.4, 0.5) is 13.2 Å². The zero-order valence-corrected chi connectivity index (χ0v) is 18.2. The molecule has 4 rings (SSSR count). The molecule has 12 heteroatoms. The van der Waals surface area contributed by atoms with Gasteiger partial charge in [-0.25, -0.2) is 19.6 Å². The first-order valence-electron chi connectivity index (χ1n) is 10.4. The second-order valence-electron chi connectivity index (χ2n) is 7.68. The van der Waals surface area contributed by atoms with Crippen LogP contribution in [0, 0.1) is 11.3 Å². The fourth-order valence-corrected chi connectivity index (χ4v) is 3.67. The van der Waals surface area contributed by atoms with E-state index >= 15 is 0 Å². The van der Waals surface area contributed by atoms with Crippen LogP contribution in [0.1, 0.15) is 60.8 Å². The van der Waals surface area contributed by atoms with Crippen LogP contribution >= 0.6 is 0 Å². The Bertz CT molecular complexity index is 1410. The summed E-state index contributed by atoms with van der Waals surface area (Å²) in [4.78, 5) is 32.2. The number of nitrogens with zero attached hydrogens (tertiary/aromatic N) is 7. The standard InChI is InChI=1S/C22H19F3N8O/c1-3-13(19-27-7-4-8-28-19)9-17-30-20-18(21(34)31-17)15(10-26)32-33(20)12(2)14-5-6-16(29-11-14)22(23,24)25/h4-8,11-13H,3,9H2,1-2H3,(H,30,31,34). The Labute approximate surface area is 191 Å². The summed E-state index contributed by atoms with van der Waals surface area (Å²) in [5, 5.41) is 13.7. The van der Waals surface area contributed by atoms with E-state index in [1.807, 2.05) is 13.0 Å². The van der Waals surface area contributed by atoms with Gasteiger partial charge in [0.2, 0.25) is 0 Å². The van der Waals surface area contributed by atoms with Gasteiger partial charge in [0.15, 0.2) is 11.3 Å². The third-order valence-corrected chi connectivity index (χ3v) is 5.53. The molecule has 34 heavy (non-hydrogen) atoms. The van der Waals surface area contributed by atoms with E-state index in [2.05, 4.69) is 30.0 Å². The van der Waals surface area contributed by atoms with E-state index in [1.165, 1.54) is 10.7 Å². The molecule has 0 aliphatic rings. The van der Waals surface area contributed by atoms with Crippen molar-refractivity contribution in [3.05, 3.63) is 75.7 Å². The average Bonchev–Trinajstić information content (AvgIpc) is 3.21. The van der Waals surface area contributed by atoms with E-state index in [0.717, 1.165) is 12.3 Å². The molecule has 0 aliphatic carbocycles. The van der Waals surface area contributed by atoms with E-state index in [0.29, 0.717) is 30.1 Å². The minimum Gasteiger partial charge on any atom is -0.310 e. The number of aromatic nitrogens is 7. The normalized spacial score (nSPS) is 13.5. The molecule has 0 spiro atoms. The SMILES string of the molecule is CCC(Cc1nc2c(c(C#N)nn2C(C)c2ccc(C(F)(F)F)nc2)c(=O)[nH]1)c1ncccn1. The average molecular weight is 468 g/mol. The van der Waals surface area contributed by atoms with Crippen molar-refractivity contribution in [2.45, 2.75) is 44.8 Å². The number of hydrogen-bond acceptors (Lipinski definition) is 7. The smallest absolute Gasteiger partial charge is 0.310 e. The van der Waals surface area contributed by atoms with Crippen molar-refractivity contribution in [3.8, 4) is 6.07 Å². The topological polar surface area (TPSA) is 126 Å². The second-order valence-corrected chi connectivity index (χ2v) is 7.68. The molecule has 1 N–H and O–H groups in total. The van der Waals surface area contributed by atoms with Gasteiger partial charge in [-0.15, -0.1) is 0 Å². The maximum Gasteiger partial charge on any atom is 0.433 e. The zero-order valence-electron chi connectivity index (χ0n) is 18.2. The van der Waals surface area contributed by atoms with Crippen LogP contribution in [0.5, 0.6) is 0 Å². The van der Waals surface area contributed by atoms with Crippen molar-refractivity contribution < 1.29 is 13.2 Å². The minimum absolute atomic E-state index is 0.0157. The van der Waals surface area contributed by atoms with Crippen LogP contribution < -0.4 is 5.56 Å². The lowest BCUT2D eigenvalue weighted by atomic mass is 10.0. The summed E-state index contributed by atoms with van der Waals surface area (Å²) >= 11 is 0. The molecule has 0 fully saturated rings. The largest absolute Gasteiger partial charge is 0.433 e. The molecule has 0 saturated heterocycles. The molecule has 4 heterocycles. The summed E-state index contributed by atoms with van der Waals surface area (Å²) in [6.45, 7) is 3.64. The van der Waals surface area contributed by atoms with Crippen molar-refractivity contribution in [1.29, 1.82) is 5.26 Å². The van der Waals surface area contributed by atoms with Gasteiger partial charge in [0.1, 0.15) is 28.8 Å². The van der Waals surface area contributed by atoms with E-state index in [4.69, 9.17) is 0 Å². The molecule has 0 aromatic carbocycles. The monoisotopic (exact) mass is 468 g/mol. The summed E-state index contributed by atoms with van der Waals surface area (Å²) in [5.41, 5.74) is -1.09. The molecule has 9 nitrogen and oxygen atoms in total. The van der Waals surface area contributed by atoms with Crippen molar-refractivity contribution in [2.24, 2.45) is 0 Å². The van der Waals surface area contributed by atoms with Gasteiger partial charge < -0.3 is 4.98 Å². The highest BCUT2D eigenvalue weighted by molar-refractivity contribution is 5.80. The van der Waals surface area contributed by atoms with E-state index in [-0.39, 0.29) is 22.6 Å². The van der Waals surface area contributed by atoms with Crippen LogP contribution in [0.3, 0.4) is 0 Å². The summed E-state index contributed by atoms with van der Waals surface area (Å²) in [5.74, 6) is 0.869. The maximum absolute atomic E-state index is 12.9. The van der Waals surface area contributed by atoms with Crippen LogP contribution in [0.15, 0.2) is 41.6 Å². The number of rotatable bonds is 6. The Morgan fingerprint density at radius 1 is 1.21 bits per heavy atom. The van der Waals surface area contributed by atoms with Crippen molar-refractivity contribution in [2.75, 3.05) is 0 Å². The summed E-state index contributed by atoms with van der Waals surface area (Å²) < 4.78 is 40.0. The summed E-state index contributed by atoms with van der Waals surface area (Å²) in [7, 11) is 0.